The minimum Gasteiger partial charge on any atom is -0.352 e. The third-order valence-electron chi connectivity index (χ3n) is 4.20. The number of hydrogen-bond acceptors (Lipinski definition) is 3. The second-order valence-corrected chi connectivity index (χ2v) is 8.04. The van der Waals surface area contributed by atoms with Gasteiger partial charge in [-0.3, -0.25) is 9.10 Å². The Morgan fingerprint density at radius 3 is 2.38 bits per heavy atom. The number of amides is 1. The van der Waals surface area contributed by atoms with Crippen LogP contribution in [-0.4, -0.2) is 32.7 Å². The maximum absolute atomic E-state index is 13.5. The first-order chi connectivity index (χ1) is 11.2. The monoisotopic (exact) mass is 360 g/mol. The van der Waals surface area contributed by atoms with Gasteiger partial charge < -0.3 is 5.32 Å². The van der Waals surface area contributed by atoms with Crippen molar-refractivity contribution in [2.24, 2.45) is 0 Å². The normalized spacial score (nSPS) is 17.3. The van der Waals surface area contributed by atoms with Gasteiger partial charge in [0.05, 0.1) is 11.9 Å². The Labute approximate surface area is 141 Å². The highest BCUT2D eigenvalue weighted by Crippen LogP contribution is 2.24. The topological polar surface area (TPSA) is 66.5 Å². The smallest absolute Gasteiger partial charge is 0.243 e. The number of nitrogens with one attached hydrogen (secondary N) is 1. The first-order valence-electron chi connectivity index (χ1n) is 7.95. The van der Waals surface area contributed by atoms with E-state index in [4.69, 9.17) is 0 Å². The van der Waals surface area contributed by atoms with Gasteiger partial charge in [0, 0.05) is 12.1 Å². The fourth-order valence-electron chi connectivity index (χ4n) is 3.00. The zero-order chi connectivity index (χ0) is 17.9. The van der Waals surface area contributed by atoms with E-state index in [-0.39, 0.29) is 11.7 Å². The van der Waals surface area contributed by atoms with Gasteiger partial charge in [-0.1, -0.05) is 19.3 Å². The van der Waals surface area contributed by atoms with E-state index in [2.05, 4.69) is 5.32 Å². The van der Waals surface area contributed by atoms with Crippen molar-refractivity contribution in [3.05, 3.63) is 29.8 Å². The molecule has 0 unspecified atom stereocenters. The van der Waals surface area contributed by atoms with Crippen molar-refractivity contribution in [1.29, 1.82) is 0 Å². The van der Waals surface area contributed by atoms with Crippen molar-refractivity contribution in [2.45, 2.75) is 51.1 Å². The molecule has 0 spiro atoms. The van der Waals surface area contributed by atoms with E-state index in [0.29, 0.717) is 0 Å². The van der Waals surface area contributed by atoms with Crippen LogP contribution in [0, 0.1) is 11.6 Å². The van der Waals surface area contributed by atoms with Crippen LogP contribution in [0.2, 0.25) is 0 Å². The van der Waals surface area contributed by atoms with Gasteiger partial charge in [-0.2, -0.15) is 0 Å². The van der Waals surface area contributed by atoms with Crippen LogP contribution < -0.4 is 9.62 Å². The molecule has 0 bridgehead atoms. The molecule has 0 heterocycles. The van der Waals surface area contributed by atoms with Gasteiger partial charge in [0.25, 0.3) is 0 Å². The van der Waals surface area contributed by atoms with Gasteiger partial charge in [0.1, 0.15) is 6.04 Å². The lowest BCUT2D eigenvalue weighted by atomic mass is 9.95. The Hall–Kier alpha value is -1.70. The fraction of sp³-hybridized carbons (Fsp3) is 0.562. The highest BCUT2D eigenvalue weighted by atomic mass is 32.2. The second-order valence-electron chi connectivity index (χ2n) is 6.18. The lowest BCUT2D eigenvalue weighted by Gasteiger charge is -2.30. The minimum absolute atomic E-state index is 0.0278. The molecule has 1 aliphatic carbocycles. The second kappa shape index (κ2) is 7.46. The molecule has 1 amide bonds. The van der Waals surface area contributed by atoms with Gasteiger partial charge in [0.15, 0.2) is 11.6 Å². The van der Waals surface area contributed by atoms with Crippen LogP contribution in [0.5, 0.6) is 0 Å². The van der Waals surface area contributed by atoms with Gasteiger partial charge >= 0.3 is 0 Å². The Morgan fingerprint density at radius 2 is 1.83 bits per heavy atom. The molecular formula is C16H22F2N2O3S. The number of sulfonamides is 1. The first kappa shape index (κ1) is 18.6. The minimum atomic E-state index is -3.85. The fourth-order valence-corrected chi connectivity index (χ4v) is 4.17. The van der Waals surface area contributed by atoms with Crippen LogP contribution in [0.4, 0.5) is 14.5 Å². The maximum atomic E-state index is 13.5. The Morgan fingerprint density at radius 1 is 1.21 bits per heavy atom. The zero-order valence-electron chi connectivity index (χ0n) is 13.8. The predicted octanol–water partition coefficient (Wildman–Crippen LogP) is 2.57. The van der Waals surface area contributed by atoms with Crippen LogP contribution in [0.1, 0.15) is 39.0 Å². The molecule has 0 aliphatic heterocycles. The van der Waals surface area contributed by atoms with E-state index in [0.717, 1.165) is 60.9 Å². The number of rotatable bonds is 5. The summed E-state index contributed by atoms with van der Waals surface area (Å²) in [6.45, 7) is 1.43. The van der Waals surface area contributed by atoms with Crippen LogP contribution in [-0.2, 0) is 14.8 Å². The standard InChI is InChI=1S/C16H22F2N2O3S/c1-11(16(21)19-12-6-4-3-5-7-12)20(24(2,22)23)13-8-9-14(17)15(18)10-13/h8-12H,3-7H2,1-2H3,(H,19,21)/t11-/m0/s1. The first-order valence-corrected chi connectivity index (χ1v) is 9.80. The largest absolute Gasteiger partial charge is 0.352 e. The molecule has 1 saturated carbocycles. The molecular weight excluding hydrogens is 338 g/mol. The molecule has 1 fully saturated rings. The Kier molecular flexibility index (Phi) is 5.79. The molecule has 2 rings (SSSR count). The molecule has 1 aliphatic rings. The molecule has 0 radical (unpaired) electrons. The average molecular weight is 360 g/mol. The third kappa shape index (κ3) is 4.43. The van der Waals surface area contributed by atoms with Crippen LogP contribution >= 0.6 is 0 Å². The number of nitrogens with zero attached hydrogens (tertiary/aromatic N) is 1. The van der Waals surface area contributed by atoms with Crippen molar-refractivity contribution in [1.82, 2.24) is 5.32 Å². The average Bonchev–Trinajstić information content (AvgIpc) is 2.50. The van der Waals surface area contributed by atoms with Crippen LogP contribution in [0.3, 0.4) is 0 Å². The number of halogens is 2. The number of benzene rings is 1. The summed E-state index contributed by atoms with van der Waals surface area (Å²) in [5.74, 6) is -2.69. The van der Waals surface area contributed by atoms with Crippen molar-refractivity contribution in [2.75, 3.05) is 10.6 Å². The van der Waals surface area contributed by atoms with Crippen molar-refractivity contribution in [3.8, 4) is 0 Å². The van der Waals surface area contributed by atoms with Crippen molar-refractivity contribution >= 4 is 21.6 Å². The molecule has 1 aromatic rings. The van der Waals surface area contributed by atoms with E-state index in [1.165, 1.54) is 6.92 Å². The van der Waals surface area contributed by atoms with Crippen molar-refractivity contribution < 1.29 is 22.0 Å². The molecule has 5 nitrogen and oxygen atoms in total. The summed E-state index contributed by atoms with van der Waals surface area (Å²) in [7, 11) is -3.85. The van der Waals surface area contributed by atoms with E-state index < -0.39 is 33.6 Å². The highest BCUT2D eigenvalue weighted by molar-refractivity contribution is 7.92. The number of carbonyl (C=O) groups excluding carboxylic acids is 1. The predicted molar refractivity (Wildman–Crippen MR) is 88.2 cm³/mol. The van der Waals surface area contributed by atoms with Crippen molar-refractivity contribution in [3.63, 3.8) is 0 Å². The van der Waals surface area contributed by atoms with E-state index in [1.807, 2.05) is 0 Å². The molecule has 24 heavy (non-hydrogen) atoms. The molecule has 1 aromatic carbocycles. The zero-order valence-corrected chi connectivity index (χ0v) is 14.6. The SMILES string of the molecule is C[C@@H](C(=O)NC1CCCCC1)N(c1ccc(F)c(F)c1)S(C)(=O)=O. The number of anilines is 1. The van der Waals surface area contributed by atoms with E-state index in [1.54, 1.807) is 0 Å². The molecule has 134 valence electrons. The van der Waals surface area contributed by atoms with E-state index in [9.17, 15) is 22.0 Å². The molecule has 0 saturated heterocycles. The summed E-state index contributed by atoms with van der Waals surface area (Å²) >= 11 is 0. The van der Waals surface area contributed by atoms with Gasteiger partial charge in [-0.05, 0) is 31.9 Å². The quantitative estimate of drug-likeness (QED) is 0.878. The summed E-state index contributed by atoms with van der Waals surface area (Å²) in [4.78, 5) is 12.4. The lowest BCUT2D eigenvalue weighted by molar-refractivity contribution is -0.122. The lowest BCUT2D eigenvalue weighted by Crippen LogP contribution is -2.50. The summed E-state index contributed by atoms with van der Waals surface area (Å²) in [5, 5.41) is 2.85. The van der Waals surface area contributed by atoms with E-state index >= 15 is 0 Å². The molecule has 8 heteroatoms. The molecule has 0 aromatic heterocycles. The van der Waals surface area contributed by atoms with Crippen LogP contribution in [0.15, 0.2) is 18.2 Å². The van der Waals surface area contributed by atoms with Gasteiger partial charge in [0.2, 0.25) is 15.9 Å². The number of hydrogen-bond donors (Lipinski definition) is 1. The summed E-state index contributed by atoms with van der Waals surface area (Å²) < 4.78 is 51.6. The summed E-state index contributed by atoms with van der Waals surface area (Å²) in [6, 6.07) is 1.73. The van der Waals surface area contributed by atoms with Gasteiger partial charge in [-0.15, -0.1) is 0 Å². The third-order valence-corrected chi connectivity index (χ3v) is 5.44. The molecule has 1 N–H and O–H groups in total. The summed E-state index contributed by atoms with van der Waals surface area (Å²) in [5.41, 5.74) is -0.0808. The molecule has 1 atom stereocenters. The highest BCUT2D eigenvalue weighted by Gasteiger charge is 2.31. The van der Waals surface area contributed by atoms with Crippen LogP contribution in [0.25, 0.3) is 0 Å². The maximum Gasteiger partial charge on any atom is 0.243 e. The Balaban J connectivity index is 2.23. The van der Waals surface area contributed by atoms with Gasteiger partial charge in [-0.25, -0.2) is 17.2 Å². The Bertz CT molecular complexity index is 703. The summed E-state index contributed by atoms with van der Waals surface area (Å²) in [6.07, 6.45) is 5.84. The number of carbonyl (C=O) groups is 1.